The van der Waals surface area contributed by atoms with Gasteiger partial charge in [-0.1, -0.05) is 23.7 Å². The van der Waals surface area contributed by atoms with E-state index in [1.165, 1.54) is 0 Å². The minimum Gasteiger partial charge on any atom is -0.327 e. The molecule has 4 N–H and O–H groups in total. The summed E-state index contributed by atoms with van der Waals surface area (Å²) in [7, 11) is 0. The Morgan fingerprint density at radius 3 is 2.50 bits per heavy atom. The highest BCUT2D eigenvalue weighted by Crippen LogP contribution is 2.28. The number of hydrogen-bond acceptors (Lipinski definition) is 3. The first-order chi connectivity index (χ1) is 9.54. The van der Waals surface area contributed by atoms with Crippen molar-refractivity contribution >= 4 is 35.7 Å². The maximum absolute atomic E-state index is 12.1. The molecule has 0 spiro atoms. The summed E-state index contributed by atoms with van der Waals surface area (Å²) in [6.45, 7) is 0. The monoisotopic (exact) mass is 308 g/mol. The predicted molar refractivity (Wildman–Crippen MR) is 77.7 cm³/mol. The number of benzene rings is 1. The van der Waals surface area contributed by atoms with E-state index < -0.39 is 12.1 Å². The van der Waals surface area contributed by atoms with Crippen LogP contribution in [-0.4, -0.2) is 16.0 Å². The fourth-order valence-electron chi connectivity index (χ4n) is 2.13. The van der Waals surface area contributed by atoms with Crippen LogP contribution in [0.4, 0.5) is 10.6 Å². The molecule has 1 aromatic carbocycles. The number of rotatable bonds is 1. The van der Waals surface area contributed by atoms with Crippen LogP contribution in [0.3, 0.4) is 0 Å². The number of nitrogens with one attached hydrogen (secondary N) is 4. The molecule has 1 aromatic heterocycles. The van der Waals surface area contributed by atoms with Gasteiger partial charge in [0.05, 0.1) is 11.6 Å². The molecule has 0 aliphatic carbocycles. The number of aromatic nitrogens is 2. The van der Waals surface area contributed by atoms with Crippen molar-refractivity contribution in [2.24, 2.45) is 0 Å². The Balaban J connectivity index is 2.19. The van der Waals surface area contributed by atoms with Gasteiger partial charge in [-0.2, -0.15) is 0 Å². The Morgan fingerprint density at radius 2 is 1.80 bits per heavy atom. The summed E-state index contributed by atoms with van der Waals surface area (Å²) < 4.78 is 0.158. The lowest BCUT2D eigenvalue weighted by Gasteiger charge is -2.26. The van der Waals surface area contributed by atoms with Crippen LogP contribution in [0.15, 0.2) is 29.1 Å². The number of aromatic amines is 2. The molecular weight excluding hydrogens is 300 g/mol. The van der Waals surface area contributed by atoms with Crippen LogP contribution in [0.2, 0.25) is 5.02 Å². The van der Waals surface area contributed by atoms with E-state index in [4.69, 9.17) is 23.8 Å². The molecule has 2 heterocycles. The van der Waals surface area contributed by atoms with Crippen LogP contribution >= 0.6 is 23.8 Å². The van der Waals surface area contributed by atoms with Crippen LogP contribution in [0.1, 0.15) is 17.2 Å². The standard InChI is InChI=1S/C12H9ClN4O2S/c13-6-3-1-5(2-4-6)8-7-9(15-11(19)14-8)16-12(20)17-10(7)18/h1-4,8H,(H4,14,15,16,17,18,19,20). The maximum Gasteiger partial charge on any atom is 0.321 e. The largest absolute Gasteiger partial charge is 0.327 e. The molecule has 8 heteroatoms. The zero-order chi connectivity index (χ0) is 14.3. The fraction of sp³-hybridized carbons (Fsp3) is 0.0833. The molecule has 0 fully saturated rings. The van der Waals surface area contributed by atoms with E-state index in [1.807, 2.05) is 0 Å². The summed E-state index contributed by atoms with van der Waals surface area (Å²) >= 11 is 10.7. The van der Waals surface area contributed by atoms with Crippen molar-refractivity contribution in [3.05, 3.63) is 55.5 Å². The highest BCUT2D eigenvalue weighted by Gasteiger charge is 2.28. The SMILES string of the molecule is O=C1Nc2[nH]c(=S)[nH]c(=O)c2C(c2ccc(Cl)cc2)N1. The molecule has 2 aromatic rings. The van der Waals surface area contributed by atoms with E-state index in [9.17, 15) is 9.59 Å². The molecule has 20 heavy (non-hydrogen) atoms. The summed E-state index contributed by atoms with van der Waals surface area (Å²) in [5, 5.41) is 5.82. The number of amides is 2. The van der Waals surface area contributed by atoms with Gasteiger partial charge in [-0.05, 0) is 29.9 Å². The van der Waals surface area contributed by atoms with E-state index >= 15 is 0 Å². The van der Waals surface area contributed by atoms with Gasteiger partial charge < -0.3 is 10.3 Å². The van der Waals surface area contributed by atoms with Crippen LogP contribution in [0.25, 0.3) is 0 Å². The second-order valence-corrected chi connectivity index (χ2v) is 5.12. The van der Waals surface area contributed by atoms with Gasteiger partial charge in [-0.3, -0.25) is 15.1 Å². The number of anilines is 1. The van der Waals surface area contributed by atoms with Crippen molar-refractivity contribution in [1.82, 2.24) is 15.3 Å². The summed E-state index contributed by atoms with van der Waals surface area (Å²) in [5.74, 6) is 0.308. The van der Waals surface area contributed by atoms with Crippen LogP contribution < -0.4 is 16.2 Å². The highest BCUT2D eigenvalue weighted by molar-refractivity contribution is 7.71. The molecule has 102 valence electrons. The molecule has 0 radical (unpaired) electrons. The van der Waals surface area contributed by atoms with E-state index in [0.717, 1.165) is 5.56 Å². The number of hydrogen-bond donors (Lipinski definition) is 4. The summed E-state index contributed by atoms with van der Waals surface area (Å²) in [4.78, 5) is 29.0. The minimum atomic E-state index is -0.563. The Hall–Kier alpha value is -2.12. The molecule has 1 unspecified atom stereocenters. The Morgan fingerprint density at radius 1 is 1.10 bits per heavy atom. The van der Waals surface area contributed by atoms with Crippen LogP contribution in [0, 0.1) is 4.77 Å². The van der Waals surface area contributed by atoms with Gasteiger partial charge in [0.25, 0.3) is 5.56 Å². The van der Waals surface area contributed by atoms with E-state index in [1.54, 1.807) is 24.3 Å². The maximum atomic E-state index is 12.1. The topological polar surface area (TPSA) is 89.8 Å². The Bertz CT molecular complexity index is 796. The van der Waals surface area contributed by atoms with Gasteiger partial charge in [0, 0.05) is 5.02 Å². The van der Waals surface area contributed by atoms with Gasteiger partial charge >= 0.3 is 6.03 Å². The first-order valence-electron chi connectivity index (χ1n) is 5.74. The van der Waals surface area contributed by atoms with Crippen molar-refractivity contribution < 1.29 is 4.79 Å². The van der Waals surface area contributed by atoms with Crippen molar-refractivity contribution in [2.45, 2.75) is 6.04 Å². The normalized spacial score (nSPS) is 17.1. The lowest BCUT2D eigenvalue weighted by molar-refractivity contribution is 0.248. The van der Waals surface area contributed by atoms with Crippen LogP contribution in [-0.2, 0) is 0 Å². The summed E-state index contributed by atoms with van der Waals surface area (Å²) in [6.07, 6.45) is 0. The average molecular weight is 309 g/mol. The second kappa shape index (κ2) is 4.77. The zero-order valence-electron chi connectivity index (χ0n) is 9.99. The molecule has 3 rings (SSSR count). The lowest BCUT2D eigenvalue weighted by Crippen LogP contribution is -2.42. The van der Waals surface area contributed by atoms with Crippen LogP contribution in [0.5, 0.6) is 0 Å². The Labute approximate surface area is 123 Å². The second-order valence-electron chi connectivity index (χ2n) is 4.28. The van der Waals surface area contributed by atoms with Crippen molar-refractivity contribution in [1.29, 1.82) is 0 Å². The lowest BCUT2D eigenvalue weighted by atomic mass is 9.99. The number of carbonyl (C=O) groups excluding carboxylic acids is 1. The molecule has 2 amide bonds. The molecule has 0 bridgehead atoms. The molecule has 1 aliphatic heterocycles. The number of H-pyrrole nitrogens is 2. The Kier molecular flexibility index (Phi) is 3.07. The first-order valence-corrected chi connectivity index (χ1v) is 6.52. The average Bonchev–Trinajstić information content (AvgIpc) is 2.37. The number of halogens is 1. The highest BCUT2D eigenvalue weighted by atomic mass is 35.5. The number of urea groups is 1. The third-order valence-electron chi connectivity index (χ3n) is 2.99. The molecule has 0 saturated heterocycles. The predicted octanol–water partition coefficient (Wildman–Crippen LogP) is 2.31. The van der Waals surface area contributed by atoms with Crippen molar-refractivity contribution in [3.63, 3.8) is 0 Å². The third kappa shape index (κ3) is 2.21. The summed E-state index contributed by atoms with van der Waals surface area (Å²) in [5.41, 5.74) is 0.776. The van der Waals surface area contributed by atoms with Gasteiger partial charge in [0.1, 0.15) is 5.82 Å². The van der Waals surface area contributed by atoms with E-state index in [2.05, 4.69) is 20.6 Å². The molecular formula is C12H9ClN4O2S. The van der Waals surface area contributed by atoms with Crippen molar-refractivity contribution in [3.8, 4) is 0 Å². The fourth-order valence-corrected chi connectivity index (χ4v) is 2.45. The third-order valence-corrected chi connectivity index (χ3v) is 3.44. The van der Waals surface area contributed by atoms with E-state index in [0.29, 0.717) is 16.4 Å². The van der Waals surface area contributed by atoms with Gasteiger partial charge in [-0.15, -0.1) is 0 Å². The van der Waals surface area contributed by atoms with Gasteiger partial charge in [0.2, 0.25) is 0 Å². The molecule has 1 aliphatic rings. The smallest absolute Gasteiger partial charge is 0.321 e. The van der Waals surface area contributed by atoms with Gasteiger partial charge in [-0.25, -0.2) is 4.79 Å². The zero-order valence-corrected chi connectivity index (χ0v) is 11.6. The molecule has 0 saturated carbocycles. The molecule has 1 atom stereocenters. The molecule has 6 nitrogen and oxygen atoms in total. The summed E-state index contributed by atoms with van der Waals surface area (Å²) in [6, 6.07) is 5.93. The van der Waals surface area contributed by atoms with E-state index in [-0.39, 0.29) is 10.3 Å². The number of carbonyl (C=O) groups is 1. The first kappa shape index (κ1) is 12.9. The quantitative estimate of drug-likeness (QED) is 0.609. The number of fused-ring (bicyclic) bond motifs is 1. The minimum absolute atomic E-state index is 0.158. The van der Waals surface area contributed by atoms with Crippen molar-refractivity contribution in [2.75, 3.05) is 5.32 Å². The van der Waals surface area contributed by atoms with Gasteiger partial charge in [0.15, 0.2) is 4.77 Å².